The van der Waals surface area contributed by atoms with Crippen molar-refractivity contribution >= 4 is 23.2 Å². The first kappa shape index (κ1) is 14.4. The van der Waals surface area contributed by atoms with E-state index in [1.807, 2.05) is 19.1 Å². The van der Waals surface area contributed by atoms with Crippen LogP contribution in [0.15, 0.2) is 36.7 Å². The molecule has 2 aromatic rings. The first-order valence-electron chi connectivity index (χ1n) is 6.31. The van der Waals surface area contributed by atoms with Gasteiger partial charge in [-0.1, -0.05) is 30.7 Å². The van der Waals surface area contributed by atoms with Gasteiger partial charge in [0.05, 0.1) is 16.9 Å². The lowest BCUT2D eigenvalue weighted by atomic mass is 10.2. The molecule has 0 saturated carbocycles. The molecule has 1 heterocycles. The molecule has 2 rings (SSSR count). The zero-order chi connectivity index (χ0) is 14.5. The number of carbonyl (C=O) groups is 1. The fraction of sp³-hybridized carbons (Fsp3) is 0.286. The van der Waals surface area contributed by atoms with E-state index in [9.17, 15) is 4.79 Å². The van der Waals surface area contributed by atoms with Crippen LogP contribution < -0.4 is 10.1 Å². The number of ether oxygens (including phenoxy) is 1. The topological polar surface area (TPSA) is 56.1 Å². The number of para-hydroxylation sites is 1. The number of anilines is 1. The van der Waals surface area contributed by atoms with Gasteiger partial charge in [-0.3, -0.25) is 9.48 Å². The third-order valence-electron chi connectivity index (χ3n) is 2.74. The summed E-state index contributed by atoms with van der Waals surface area (Å²) in [5.41, 5.74) is 0.638. The monoisotopic (exact) mass is 293 g/mol. The Hall–Kier alpha value is -2.01. The summed E-state index contributed by atoms with van der Waals surface area (Å²) in [4.78, 5) is 12.2. The van der Waals surface area contributed by atoms with E-state index < -0.39 is 6.10 Å². The molecule has 6 heteroatoms. The molecule has 20 heavy (non-hydrogen) atoms. The zero-order valence-electron chi connectivity index (χ0n) is 11.3. The number of carbonyl (C=O) groups excluding carboxylic acids is 1. The molecule has 1 aromatic heterocycles. The smallest absolute Gasteiger partial charge is 0.265 e. The van der Waals surface area contributed by atoms with Gasteiger partial charge in [-0.25, -0.2) is 0 Å². The van der Waals surface area contributed by atoms with Gasteiger partial charge < -0.3 is 10.1 Å². The summed E-state index contributed by atoms with van der Waals surface area (Å²) in [5, 5.41) is 7.24. The van der Waals surface area contributed by atoms with Crippen molar-refractivity contribution in [3.05, 3.63) is 41.7 Å². The minimum Gasteiger partial charge on any atom is -0.479 e. The molecule has 1 atom stereocenters. The van der Waals surface area contributed by atoms with Gasteiger partial charge in [0, 0.05) is 13.2 Å². The van der Waals surface area contributed by atoms with Crippen LogP contribution in [-0.4, -0.2) is 21.8 Å². The third kappa shape index (κ3) is 3.51. The normalized spacial score (nSPS) is 11.9. The van der Waals surface area contributed by atoms with Crippen LogP contribution in [0.5, 0.6) is 5.75 Å². The first-order valence-corrected chi connectivity index (χ1v) is 6.68. The summed E-state index contributed by atoms with van der Waals surface area (Å²) in [6, 6.07) is 7.09. The highest BCUT2D eigenvalue weighted by Crippen LogP contribution is 2.25. The lowest BCUT2D eigenvalue weighted by Gasteiger charge is -2.17. The van der Waals surface area contributed by atoms with E-state index in [0.29, 0.717) is 22.9 Å². The minimum absolute atomic E-state index is 0.222. The van der Waals surface area contributed by atoms with E-state index in [1.54, 1.807) is 36.3 Å². The minimum atomic E-state index is -0.602. The van der Waals surface area contributed by atoms with Crippen molar-refractivity contribution in [3.8, 4) is 5.75 Å². The number of nitrogens with one attached hydrogen (secondary N) is 1. The maximum Gasteiger partial charge on any atom is 0.265 e. The van der Waals surface area contributed by atoms with E-state index in [4.69, 9.17) is 16.3 Å². The van der Waals surface area contributed by atoms with Crippen molar-refractivity contribution in [2.24, 2.45) is 7.05 Å². The van der Waals surface area contributed by atoms with E-state index in [1.165, 1.54) is 0 Å². The second-order valence-electron chi connectivity index (χ2n) is 4.34. The Bertz CT molecular complexity index is 598. The maximum atomic E-state index is 12.2. The second-order valence-corrected chi connectivity index (χ2v) is 4.74. The summed E-state index contributed by atoms with van der Waals surface area (Å²) >= 11 is 6.02. The van der Waals surface area contributed by atoms with E-state index in [-0.39, 0.29) is 5.91 Å². The zero-order valence-corrected chi connectivity index (χ0v) is 12.1. The first-order chi connectivity index (χ1) is 9.60. The molecule has 106 valence electrons. The van der Waals surface area contributed by atoms with Crippen molar-refractivity contribution in [3.63, 3.8) is 0 Å². The quantitative estimate of drug-likeness (QED) is 0.922. The van der Waals surface area contributed by atoms with Crippen molar-refractivity contribution in [2.45, 2.75) is 19.4 Å². The molecule has 0 aliphatic heterocycles. The molecular formula is C14H16ClN3O2. The van der Waals surface area contributed by atoms with Gasteiger partial charge in [-0.2, -0.15) is 5.10 Å². The molecule has 0 fully saturated rings. The fourth-order valence-electron chi connectivity index (χ4n) is 1.72. The largest absolute Gasteiger partial charge is 0.479 e. The van der Waals surface area contributed by atoms with Crippen LogP contribution in [-0.2, 0) is 11.8 Å². The van der Waals surface area contributed by atoms with Crippen LogP contribution in [0.4, 0.5) is 5.69 Å². The molecule has 0 aliphatic rings. The maximum absolute atomic E-state index is 12.2. The van der Waals surface area contributed by atoms with Crippen LogP contribution in [0.2, 0.25) is 5.02 Å². The van der Waals surface area contributed by atoms with Gasteiger partial charge in [0.1, 0.15) is 5.75 Å². The molecule has 0 aliphatic carbocycles. The molecule has 0 unspecified atom stereocenters. The van der Waals surface area contributed by atoms with Gasteiger partial charge in [-0.05, 0) is 18.6 Å². The SMILES string of the molecule is CC[C@@H](Oc1ccccc1Cl)C(=O)Nc1cnn(C)c1. The summed E-state index contributed by atoms with van der Waals surface area (Å²) < 4.78 is 7.28. The van der Waals surface area contributed by atoms with Crippen molar-refractivity contribution in [1.82, 2.24) is 9.78 Å². The highest BCUT2D eigenvalue weighted by atomic mass is 35.5. The number of halogens is 1. The van der Waals surface area contributed by atoms with Gasteiger partial charge in [-0.15, -0.1) is 0 Å². The molecular weight excluding hydrogens is 278 g/mol. The van der Waals surface area contributed by atoms with Gasteiger partial charge in [0.15, 0.2) is 6.10 Å². The standard InChI is InChI=1S/C14H16ClN3O2/c1-3-12(20-13-7-5-4-6-11(13)15)14(19)17-10-8-16-18(2)9-10/h4-9,12H,3H2,1-2H3,(H,17,19)/t12-/m1/s1. The van der Waals surface area contributed by atoms with Crippen molar-refractivity contribution < 1.29 is 9.53 Å². The number of nitrogens with zero attached hydrogens (tertiary/aromatic N) is 2. The van der Waals surface area contributed by atoms with Crippen LogP contribution in [0.3, 0.4) is 0 Å². The Morgan fingerprint density at radius 3 is 2.85 bits per heavy atom. The summed E-state index contributed by atoms with van der Waals surface area (Å²) in [5.74, 6) is 0.280. The summed E-state index contributed by atoms with van der Waals surface area (Å²) in [6.07, 6.45) is 3.24. The Morgan fingerprint density at radius 1 is 1.50 bits per heavy atom. The Kier molecular flexibility index (Phi) is 4.63. The molecule has 5 nitrogen and oxygen atoms in total. The van der Waals surface area contributed by atoms with E-state index in [0.717, 1.165) is 0 Å². The van der Waals surface area contributed by atoms with E-state index in [2.05, 4.69) is 10.4 Å². The van der Waals surface area contributed by atoms with Crippen molar-refractivity contribution in [2.75, 3.05) is 5.32 Å². The van der Waals surface area contributed by atoms with Crippen molar-refractivity contribution in [1.29, 1.82) is 0 Å². The number of hydrogen-bond acceptors (Lipinski definition) is 3. The number of amides is 1. The lowest BCUT2D eigenvalue weighted by Crippen LogP contribution is -2.32. The van der Waals surface area contributed by atoms with Gasteiger partial charge >= 0.3 is 0 Å². The predicted molar refractivity (Wildman–Crippen MR) is 78.0 cm³/mol. The Labute approximate surface area is 122 Å². The third-order valence-corrected chi connectivity index (χ3v) is 3.05. The Morgan fingerprint density at radius 2 is 2.25 bits per heavy atom. The van der Waals surface area contributed by atoms with E-state index >= 15 is 0 Å². The average molecular weight is 294 g/mol. The summed E-state index contributed by atoms with van der Waals surface area (Å²) in [6.45, 7) is 1.88. The fourth-order valence-corrected chi connectivity index (χ4v) is 1.90. The number of aryl methyl sites for hydroxylation is 1. The Balaban J connectivity index is 2.04. The summed E-state index contributed by atoms with van der Waals surface area (Å²) in [7, 11) is 1.78. The molecule has 0 bridgehead atoms. The highest BCUT2D eigenvalue weighted by Gasteiger charge is 2.19. The molecule has 0 spiro atoms. The van der Waals surface area contributed by atoms with Crippen LogP contribution in [0, 0.1) is 0 Å². The van der Waals surface area contributed by atoms with Crippen LogP contribution >= 0.6 is 11.6 Å². The molecule has 1 amide bonds. The average Bonchev–Trinajstić information content (AvgIpc) is 2.83. The van der Waals surface area contributed by atoms with Crippen LogP contribution in [0.1, 0.15) is 13.3 Å². The predicted octanol–water partition coefficient (Wildman–Crippen LogP) is 2.87. The second kappa shape index (κ2) is 6.43. The number of benzene rings is 1. The number of rotatable bonds is 5. The molecule has 1 N–H and O–H groups in total. The lowest BCUT2D eigenvalue weighted by molar-refractivity contribution is -0.122. The molecule has 1 aromatic carbocycles. The number of aromatic nitrogens is 2. The molecule has 0 saturated heterocycles. The highest BCUT2D eigenvalue weighted by molar-refractivity contribution is 6.32. The van der Waals surface area contributed by atoms with Gasteiger partial charge in [0.2, 0.25) is 0 Å². The van der Waals surface area contributed by atoms with Crippen LogP contribution in [0.25, 0.3) is 0 Å². The van der Waals surface area contributed by atoms with Gasteiger partial charge in [0.25, 0.3) is 5.91 Å². The molecule has 0 radical (unpaired) electrons. The number of hydrogen-bond donors (Lipinski definition) is 1.